The molecule has 0 radical (unpaired) electrons. The maximum Gasteiger partial charge on any atom is 0.306 e. The number of aliphatic hydroxyl groups excluding tert-OH is 1. The lowest BCUT2D eigenvalue weighted by Crippen LogP contribution is -2.32. The molecule has 0 saturated carbocycles. The van der Waals surface area contributed by atoms with Crippen molar-refractivity contribution >= 4 is 17.3 Å². The second-order valence-electron chi connectivity index (χ2n) is 5.08. The van der Waals surface area contributed by atoms with E-state index in [0.29, 0.717) is 18.2 Å². The van der Waals surface area contributed by atoms with Crippen LogP contribution < -0.4 is 0 Å². The Morgan fingerprint density at radius 2 is 2.27 bits per heavy atom. The van der Waals surface area contributed by atoms with Gasteiger partial charge in [0.1, 0.15) is 23.4 Å². The minimum Gasteiger partial charge on any atom is -0.390 e. The van der Waals surface area contributed by atoms with Gasteiger partial charge in [-0.2, -0.15) is 5.10 Å². The number of hydrogen-bond donors (Lipinski definition) is 1. The van der Waals surface area contributed by atoms with Crippen LogP contribution in [0.15, 0.2) is 18.6 Å². The predicted molar refractivity (Wildman–Crippen MR) is 79.4 cm³/mol. The molecule has 0 aliphatic carbocycles. The van der Waals surface area contributed by atoms with Gasteiger partial charge in [0.25, 0.3) is 0 Å². The molecule has 2 rings (SSSR count). The van der Waals surface area contributed by atoms with E-state index in [2.05, 4.69) is 10.1 Å². The number of aliphatic hydroxyl groups is 1. The van der Waals surface area contributed by atoms with Gasteiger partial charge in [-0.1, -0.05) is 11.6 Å². The molecule has 0 amide bonds. The van der Waals surface area contributed by atoms with Crippen molar-refractivity contribution in [3.63, 3.8) is 0 Å². The van der Waals surface area contributed by atoms with Gasteiger partial charge < -0.3 is 9.67 Å². The van der Waals surface area contributed by atoms with Crippen LogP contribution in [0.5, 0.6) is 0 Å². The van der Waals surface area contributed by atoms with Crippen LogP contribution in [0.3, 0.4) is 0 Å². The SMILES string of the molecule is CN(Cc1ncc(Cl)n1C)CC(O)Cn1cc([N+](=O)[O-])cn1. The first-order valence-corrected chi connectivity index (χ1v) is 6.94. The number of likely N-dealkylation sites (N-methyl/N-ethyl adjacent to an activating group) is 1. The monoisotopic (exact) mass is 328 g/mol. The third-order valence-electron chi connectivity index (χ3n) is 3.19. The Bertz CT molecular complexity index is 655. The molecule has 1 N–H and O–H groups in total. The smallest absolute Gasteiger partial charge is 0.306 e. The van der Waals surface area contributed by atoms with Gasteiger partial charge in [0.15, 0.2) is 0 Å². The highest BCUT2D eigenvalue weighted by molar-refractivity contribution is 6.29. The van der Waals surface area contributed by atoms with Crippen LogP contribution in [-0.4, -0.2) is 54.0 Å². The van der Waals surface area contributed by atoms with Gasteiger partial charge in [0.2, 0.25) is 0 Å². The van der Waals surface area contributed by atoms with Gasteiger partial charge in [-0.3, -0.25) is 19.7 Å². The van der Waals surface area contributed by atoms with E-state index in [1.165, 1.54) is 10.9 Å². The third kappa shape index (κ3) is 4.03. The first-order valence-electron chi connectivity index (χ1n) is 6.56. The van der Waals surface area contributed by atoms with Crippen LogP contribution in [-0.2, 0) is 20.1 Å². The Hall–Kier alpha value is -1.97. The normalized spacial score (nSPS) is 12.8. The molecule has 0 aliphatic rings. The molecule has 2 aromatic heterocycles. The second kappa shape index (κ2) is 6.86. The van der Waals surface area contributed by atoms with Crippen LogP contribution in [0, 0.1) is 10.1 Å². The highest BCUT2D eigenvalue weighted by Crippen LogP contribution is 2.11. The van der Waals surface area contributed by atoms with E-state index in [0.717, 1.165) is 12.0 Å². The third-order valence-corrected chi connectivity index (χ3v) is 3.54. The Balaban J connectivity index is 1.86. The molecule has 0 bridgehead atoms. The highest BCUT2D eigenvalue weighted by atomic mass is 35.5. The fraction of sp³-hybridized carbons (Fsp3) is 0.500. The summed E-state index contributed by atoms with van der Waals surface area (Å²) in [6.07, 6.45) is 3.32. The Morgan fingerprint density at radius 1 is 1.55 bits per heavy atom. The van der Waals surface area contributed by atoms with Crippen molar-refractivity contribution in [3.8, 4) is 0 Å². The first-order chi connectivity index (χ1) is 10.4. The lowest BCUT2D eigenvalue weighted by molar-refractivity contribution is -0.385. The van der Waals surface area contributed by atoms with Crippen molar-refractivity contribution in [2.45, 2.75) is 19.2 Å². The van der Waals surface area contributed by atoms with E-state index in [1.54, 1.807) is 10.8 Å². The minimum atomic E-state index is -0.708. The Kier molecular flexibility index (Phi) is 5.11. The van der Waals surface area contributed by atoms with E-state index >= 15 is 0 Å². The van der Waals surface area contributed by atoms with Crippen molar-refractivity contribution < 1.29 is 10.0 Å². The topological polar surface area (TPSA) is 102 Å². The number of aromatic nitrogens is 4. The second-order valence-corrected chi connectivity index (χ2v) is 5.47. The molecule has 120 valence electrons. The van der Waals surface area contributed by atoms with E-state index in [4.69, 9.17) is 11.6 Å². The summed E-state index contributed by atoms with van der Waals surface area (Å²) in [5, 5.41) is 25.0. The maximum absolute atomic E-state index is 10.6. The Morgan fingerprint density at radius 3 is 2.82 bits per heavy atom. The lowest BCUT2D eigenvalue weighted by Gasteiger charge is -2.20. The van der Waals surface area contributed by atoms with Crippen LogP contribution >= 0.6 is 11.6 Å². The van der Waals surface area contributed by atoms with Crippen LogP contribution in [0.25, 0.3) is 0 Å². The summed E-state index contributed by atoms with van der Waals surface area (Å²) in [5.41, 5.74) is -0.0943. The van der Waals surface area contributed by atoms with Crippen molar-refractivity contribution in [3.05, 3.63) is 39.7 Å². The first kappa shape index (κ1) is 16.4. The zero-order valence-electron chi connectivity index (χ0n) is 12.3. The number of nitrogens with zero attached hydrogens (tertiary/aromatic N) is 6. The zero-order chi connectivity index (χ0) is 16.3. The van der Waals surface area contributed by atoms with E-state index in [1.807, 2.05) is 19.0 Å². The molecule has 1 atom stereocenters. The van der Waals surface area contributed by atoms with Crippen LogP contribution in [0.4, 0.5) is 5.69 Å². The minimum absolute atomic E-state index is 0.0943. The van der Waals surface area contributed by atoms with E-state index in [-0.39, 0.29) is 12.2 Å². The van der Waals surface area contributed by atoms with E-state index < -0.39 is 11.0 Å². The van der Waals surface area contributed by atoms with Crippen LogP contribution in [0.1, 0.15) is 5.82 Å². The molecular formula is C12H17ClN6O3. The number of rotatable bonds is 7. The lowest BCUT2D eigenvalue weighted by atomic mass is 10.3. The van der Waals surface area contributed by atoms with Crippen molar-refractivity contribution in [1.82, 2.24) is 24.2 Å². The summed E-state index contributed by atoms with van der Waals surface area (Å²) in [6, 6.07) is 0. The van der Waals surface area contributed by atoms with Gasteiger partial charge in [-0.05, 0) is 7.05 Å². The number of hydrogen-bond acceptors (Lipinski definition) is 6. The average molecular weight is 329 g/mol. The Labute approximate surface area is 131 Å². The summed E-state index contributed by atoms with van der Waals surface area (Å²) in [6.45, 7) is 1.08. The maximum atomic E-state index is 10.6. The van der Waals surface area contributed by atoms with Crippen LogP contribution in [0.2, 0.25) is 5.15 Å². The summed E-state index contributed by atoms with van der Waals surface area (Å²) in [7, 11) is 3.66. The fourth-order valence-electron chi connectivity index (χ4n) is 2.06. The standard InChI is InChI=1S/C12H17ClN6O3/c1-16(8-12-14-4-11(13)17(12)2)6-10(20)7-18-5-9(3-15-18)19(21)22/h3-5,10,20H,6-8H2,1-2H3. The van der Waals surface area contributed by atoms with Crippen molar-refractivity contribution in [2.75, 3.05) is 13.6 Å². The molecule has 9 nitrogen and oxygen atoms in total. The predicted octanol–water partition coefficient (Wildman–Crippen LogP) is 0.671. The summed E-state index contributed by atoms with van der Waals surface area (Å²) < 4.78 is 3.12. The molecule has 2 aromatic rings. The molecule has 0 fully saturated rings. The molecule has 0 aliphatic heterocycles. The summed E-state index contributed by atoms with van der Waals surface area (Å²) in [4.78, 5) is 16.1. The molecule has 2 heterocycles. The zero-order valence-corrected chi connectivity index (χ0v) is 13.0. The van der Waals surface area contributed by atoms with E-state index in [9.17, 15) is 15.2 Å². The van der Waals surface area contributed by atoms with Gasteiger partial charge in [-0.15, -0.1) is 0 Å². The quantitative estimate of drug-likeness (QED) is 0.592. The fourth-order valence-corrected chi connectivity index (χ4v) is 2.20. The molecule has 0 spiro atoms. The van der Waals surface area contributed by atoms with Crippen molar-refractivity contribution in [2.24, 2.45) is 7.05 Å². The number of imidazole rings is 1. The summed E-state index contributed by atoms with van der Waals surface area (Å²) >= 11 is 5.92. The highest BCUT2D eigenvalue weighted by Gasteiger charge is 2.15. The van der Waals surface area contributed by atoms with Gasteiger partial charge >= 0.3 is 5.69 Å². The molecular weight excluding hydrogens is 312 g/mol. The largest absolute Gasteiger partial charge is 0.390 e. The van der Waals surface area contributed by atoms with Gasteiger partial charge in [-0.25, -0.2) is 4.98 Å². The molecule has 0 saturated heterocycles. The molecule has 0 aromatic carbocycles. The summed E-state index contributed by atoms with van der Waals surface area (Å²) in [5.74, 6) is 0.787. The molecule has 22 heavy (non-hydrogen) atoms. The van der Waals surface area contributed by atoms with Gasteiger partial charge in [0, 0.05) is 13.6 Å². The number of halogens is 1. The average Bonchev–Trinajstić information content (AvgIpc) is 3.01. The van der Waals surface area contributed by atoms with Crippen molar-refractivity contribution in [1.29, 1.82) is 0 Å². The number of nitro groups is 1. The molecule has 10 heteroatoms. The molecule has 1 unspecified atom stereocenters. The van der Waals surface area contributed by atoms with Gasteiger partial charge in [0.05, 0.1) is 30.3 Å².